The summed E-state index contributed by atoms with van der Waals surface area (Å²) >= 11 is 2.06. The van der Waals surface area contributed by atoms with E-state index in [0.717, 1.165) is 42.3 Å². The highest BCUT2D eigenvalue weighted by Crippen LogP contribution is 2.15. The molecule has 0 saturated heterocycles. The standard InChI is InChI=1S/C21H31IO6/c1-3-5-7-9-27-20(23)17-14-18(16-19(22)15-17)21(24)28-13-12-26-11-10-25-8-6-4-2/h14-16H,3-13H2,1-2H3. The van der Waals surface area contributed by atoms with E-state index >= 15 is 0 Å². The number of rotatable bonds is 15. The predicted molar refractivity (Wildman–Crippen MR) is 116 cm³/mol. The molecular formula is C21H31IO6. The highest BCUT2D eigenvalue weighted by Gasteiger charge is 2.14. The summed E-state index contributed by atoms with van der Waals surface area (Å²) in [5, 5.41) is 0. The zero-order valence-electron chi connectivity index (χ0n) is 16.8. The molecule has 0 unspecified atom stereocenters. The molecule has 0 aliphatic rings. The summed E-state index contributed by atoms with van der Waals surface area (Å²) in [6.45, 7) is 6.79. The molecule has 7 heteroatoms. The number of benzene rings is 1. The van der Waals surface area contributed by atoms with Crippen molar-refractivity contribution in [2.24, 2.45) is 0 Å². The third-order valence-corrected chi connectivity index (χ3v) is 4.45. The van der Waals surface area contributed by atoms with Gasteiger partial charge in [-0.2, -0.15) is 0 Å². The van der Waals surface area contributed by atoms with Crippen LogP contribution in [-0.4, -0.2) is 51.6 Å². The average molecular weight is 506 g/mol. The van der Waals surface area contributed by atoms with Crippen molar-refractivity contribution in [3.63, 3.8) is 0 Å². The molecular weight excluding hydrogens is 475 g/mol. The Morgan fingerprint density at radius 1 is 0.714 bits per heavy atom. The van der Waals surface area contributed by atoms with Crippen molar-refractivity contribution in [3.8, 4) is 0 Å². The third kappa shape index (κ3) is 11.0. The van der Waals surface area contributed by atoms with Crippen LogP contribution in [0.25, 0.3) is 0 Å². The SMILES string of the molecule is CCCCCOC(=O)c1cc(I)cc(C(=O)OCCOCCOCCCC)c1. The van der Waals surface area contributed by atoms with E-state index in [1.807, 2.05) is 0 Å². The van der Waals surface area contributed by atoms with Gasteiger partial charge in [0.1, 0.15) is 6.61 Å². The third-order valence-electron chi connectivity index (χ3n) is 3.83. The van der Waals surface area contributed by atoms with Gasteiger partial charge >= 0.3 is 11.9 Å². The van der Waals surface area contributed by atoms with Crippen LogP contribution < -0.4 is 0 Å². The molecule has 0 radical (unpaired) electrons. The van der Waals surface area contributed by atoms with Crippen LogP contribution in [0.2, 0.25) is 0 Å². The number of hydrogen-bond donors (Lipinski definition) is 0. The molecule has 0 aromatic heterocycles. The Kier molecular flexibility index (Phi) is 13.9. The molecule has 0 heterocycles. The van der Waals surface area contributed by atoms with Crippen molar-refractivity contribution in [2.45, 2.75) is 46.0 Å². The van der Waals surface area contributed by atoms with Gasteiger partial charge in [-0.15, -0.1) is 0 Å². The van der Waals surface area contributed by atoms with Gasteiger partial charge in [0.25, 0.3) is 0 Å². The normalized spacial score (nSPS) is 10.7. The minimum atomic E-state index is -0.485. The van der Waals surface area contributed by atoms with E-state index in [1.54, 1.807) is 12.1 Å². The van der Waals surface area contributed by atoms with Crippen molar-refractivity contribution in [2.75, 3.05) is 39.6 Å². The minimum absolute atomic E-state index is 0.149. The fraction of sp³-hybridized carbons (Fsp3) is 0.619. The van der Waals surface area contributed by atoms with Crippen LogP contribution in [0.4, 0.5) is 0 Å². The smallest absolute Gasteiger partial charge is 0.338 e. The topological polar surface area (TPSA) is 71.1 Å². The van der Waals surface area contributed by atoms with Crippen LogP contribution in [0.5, 0.6) is 0 Å². The Morgan fingerprint density at radius 3 is 1.86 bits per heavy atom. The second kappa shape index (κ2) is 15.7. The highest BCUT2D eigenvalue weighted by molar-refractivity contribution is 14.1. The number of carbonyl (C=O) groups is 2. The van der Waals surface area contributed by atoms with Crippen molar-refractivity contribution < 1.29 is 28.5 Å². The molecule has 158 valence electrons. The molecule has 0 bridgehead atoms. The van der Waals surface area contributed by atoms with E-state index in [1.165, 1.54) is 6.07 Å². The van der Waals surface area contributed by atoms with E-state index < -0.39 is 11.9 Å². The lowest BCUT2D eigenvalue weighted by Crippen LogP contribution is -2.14. The van der Waals surface area contributed by atoms with Crippen molar-refractivity contribution in [1.82, 2.24) is 0 Å². The second-order valence-corrected chi connectivity index (χ2v) is 7.53. The van der Waals surface area contributed by atoms with Gasteiger partial charge in [0.2, 0.25) is 0 Å². The van der Waals surface area contributed by atoms with Gasteiger partial charge < -0.3 is 18.9 Å². The maximum absolute atomic E-state index is 12.2. The number of esters is 2. The first-order valence-corrected chi connectivity index (χ1v) is 11.0. The summed E-state index contributed by atoms with van der Waals surface area (Å²) in [4.78, 5) is 24.4. The lowest BCUT2D eigenvalue weighted by molar-refractivity contribution is 0.0143. The maximum Gasteiger partial charge on any atom is 0.338 e. The molecule has 28 heavy (non-hydrogen) atoms. The summed E-state index contributed by atoms with van der Waals surface area (Å²) in [5.74, 6) is -0.906. The van der Waals surface area contributed by atoms with E-state index in [4.69, 9.17) is 18.9 Å². The Hall–Kier alpha value is -1.19. The van der Waals surface area contributed by atoms with E-state index in [0.29, 0.717) is 37.6 Å². The molecule has 6 nitrogen and oxygen atoms in total. The molecule has 0 atom stereocenters. The first kappa shape index (κ1) is 24.8. The molecule has 0 aliphatic heterocycles. The quantitative estimate of drug-likeness (QED) is 0.196. The van der Waals surface area contributed by atoms with Crippen LogP contribution in [0.15, 0.2) is 18.2 Å². The minimum Gasteiger partial charge on any atom is -0.462 e. The predicted octanol–water partition coefficient (Wildman–Crippen LogP) is 4.63. The van der Waals surface area contributed by atoms with Gasteiger partial charge in [-0.3, -0.25) is 0 Å². The van der Waals surface area contributed by atoms with Crippen LogP contribution in [-0.2, 0) is 18.9 Å². The summed E-state index contributed by atoms with van der Waals surface area (Å²) in [7, 11) is 0. The Morgan fingerprint density at radius 2 is 1.25 bits per heavy atom. The van der Waals surface area contributed by atoms with Crippen molar-refractivity contribution >= 4 is 34.5 Å². The average Bonchev–Trinajstić information content (AvgIpc) is 2.69. The number of halogens is 1. The van der Waals surface area contributed by atoms with Gasteiger partial charge in [-0.1, -0.05) is 33.1 Å². The van der Waals surface area contributed by atoms with Crippen molar-refractivity contribution in [3.05, 3.63) is 32.9 Å². The van der Waals surface area contributed by atoms with Crippen LogP contribution in [0.1, 0.15) is 66.7 Å². The number of carbonyl (C=O) groups excluding carboxylic acids is 2. The molecule has 0 saturated carbocycles. The Balaban J connectivity index is 2.36. The molecule has 0 amide bonds. The first-order chi connectivity index (χ1) is 13.6. The fourth-order valence-electron chi connectivity index (χ4n) is 2.27. The van der Waals surface area contributed by atoms with Crippen molar-refractivity contribution in [1.29, 1.82) is 0 Å². The summed E-state index contributed by atoms with van der Waals surface area (Å²) in [6.07, 6.45) is 5.07. The van der Waals surface area contributed by atoms with Gasteiger partial charge in [0, 0.05) is 10.2 Å². The molecule has 0 N–H and O–H groups in total. The molecule has 0 aliphatic carbocycles. The van der Waals surface area contributed by atoms with Gasteiger partial charge in [0.05, 0.1) is 37.6 Å². The number of ether oxygens (including phenoxy) is 4. The number of unbranched alkanes of at least 4 members (excludes halogenated alkanes) is 3. The monoisotopic (exact) mass is 506 g/mol. The van der Waals surface area contributed by atoms with Gasteiger partial charge in [-0.05, 0) is 53.6 Å². The maximum atomic E-state index is 12.2. The fourth-order valence-corrected chi connectivity index (χ4v) is 2.94. The number of hydrogen-bond acceptors (Lipinski definition) is 6. The van der Waals surface area contributed by atoms with Crippen LogP contribution >= 0.6 is 22.6 Å². The van der Waals surface area contributed by atoms with Crippen LogP contribution in [0, 0.1) is 3.57 Å². The molecule has 0 fully saturated rings. The van der Waals surface area contributed by atoms with E-state index in [9.17, 15) is 9.59 Å². The lowest BCUT2D eigenvalue weighted by Gasteiger charge is -2.09. The molecule has 1 rings (SSSR count). The lowest BCUT2D eigenvalue weighted by atomic mass is 10.1. The van der Waals surface area contributed by atoms with E-state index in [2.05, 4.69) is 36.4 Å². The largest absolute Gasteiger partial charge is 0.462 e. The van der Waals surface area contributed by atoms with Crippen LogP contribution in [0.3, 0.4) is 0 Å². The summed E-state index contributed by atoms with van der Waals surface area (Å²) < 4.78 is 22.0. The summed E-state index contributed by atoms with van der Waals surface area (Å²) in [5.41, 5.74) is 0.686. The first-order valence-electron chi connectivity index (χ1n) is 9.88. The highest BCUT2D eigenvalue weighted by atomic mass is 127. The molecule has 0 spiro atoms. The molecule has 1 aromatic carbocycles. The van der Waals surface area contributed by atoms with Gasteiger partial charge in [0.15, 0.2) is 0 Å². The van der Waals surface area contributed by atoms with E-state index in [-0.39, 0.29) is 6.61 Å². The zero-order valence-corrected chi connectivity index (χ0v) is 19.0. The second-order valence-electron chi connectivity index (χ2n) is 6.29. The summed E-state index contributed by atoms with van der Waals surface area (Å²) in [6, 6.07) is 4.88. The van der Waals surface area contributed by atoms with Gasteiger partial charge in [-0.25, -0.2) is 9.59 Å². The Labute approximate surface area is 181 Å². The zero-order chi connectivity index (χ0) is 20.6. The Bertz CT molecular complexity index is 590. The molecule has 1 aromatic rings.